The van der Waals surface area contributed by atoms with Gasteiger partial charge in [0, 0.05) is 23.1 Å². The molecule has 0 spiro atoms. The van der Waals surface area contributed by atoms with Gasteiger partial charge in [0.25, 0.3) is 0 Å². The van der Waals surface area contributed by atoms with Crippen LogP contribution >= 0.6 is 11.6 Å². The Morgan fingerprint density at radius 2 is 2.03 bits per heavy atom. The van der Waals surface area contributed by atoms with Crippen LogP contribution in [0, 0.1) is 5.92 Å². The molecule has 1 aliphatic rings. The molecule has 0 amide bonds. The summed E-state index contributed by atoms with van der Waals surface area (Å²) < 4.78 is 1.97. The van der Waals surface area contributed by atoms with Gasteiger partial charge in [0.2, 0.25) is 5.95 Å². The Morgan fingerprint density at radius 1 is 1.29 bits per heavy atom. The van der Waals surface area contributed by atoms with Crippen LogP contribution in [0.2, 0.25) is 5.02 Å². The molecule has 10 heteroatoms. The zero-order chi connectivity index (χ0) is 25.4. The smallest absolute Gasteiger partial charge is 0.225 e. The highest BCUT2D eigenvalue weighted by atomic mass is 35.5. The van der Waals surface area contributed by atoms with Gasteiger partial charge in [0.15, 0.2) is 7.85 Å². The van der Waals surface area contributed by atoms with Gasteiger partial charge >= 0.3 is 0 Å². The quantitative estimate of drug-likeness (QED) is 0.331. The molecule has 4 rings (SSSR count). The van der Waals surface area contributed by atoms with Gasteiger partial charge in [-0.3, -0.25) is 4.90 Å². The van der Waals surface area contributed by atoms with E-state index < -0.39 is 5.62 Å². The fraction of sp³-hybridized carbons (Fsp3) is 0.400. The van der Waals surface area contributed by atoms with Gasteiger partial charge < -0.3 is 19.9 Å². The largest absolute Gasteiger partial charge is 0.382 e. The second-order valence-corrected chi connectivity index (χ2v) is 10.3. The number of benzene rings is 1. The number of nitrogens with zero attached hydrogens (tertiary/aromatic N) is 6. The Bertz CT molecular complexity index is 1190. The molecule has 0 aliphatic heterocycles. The molecule has 3 aromatic rings. The minimum absolute atomic E-state index is 0.127. The molecule has 1 saturated carbocycles. The van der Waals surface area contributed by atoms with Gasteiger partial charge in [-0.1, -0.05) is 38.1 Å². The molecule has 2 unspecified atom stereocenters. The number of aliphatic hydroxyl groups is 1. The first kappa shape index (κ1) is 25.2. The van der Waals surface area contributed by atoms with E-state index >= 15 is 0 Å². The fourth-order valence-corrected chi connectivity index (χ4v) is 4.70. The molecule has 1 aromatic carbocycles. The molecule has 0 saturated heterocycles. The third-order valence-corrected chi connectivity index (χ3v) is 7.01. The van der Waals surface area contributed by atoms with Crippen molar-refractivity contribution in [1.82, 2.24) is 24.4 Å². The summed E-state index contributed by atoms with van der Waals surface area (Å²) in [6.07, 6.45) is 9.13. The van der Waals surface area contributed by atoms with Crippen molar-refractivity contribution in [3.8, 4) is 5.69 Å². The van der Waals surface area contributed by atoms with Crippen LogP contribution in [0.1, 0.15) is 32.4 Å². The summed E-state index contributed by atoms with van der Waals surface area (Å²) >= 11 is 6.16. The maximum absolute atomic E-state index is 11.3. The molecule has 2 aromatic heterocycles. The number of anilines is 2. The third kappa shape index (κ3) is 5.08. The van der Waals surface area contributed by atoms with Crippen molar-refractivity contribution in [3.05, 3.63) is 72.5 Å². The highest BCUT2D eigenvalue weighted by Gasteiger charge is 2.47. The van der Waals surface area contributed by atoms with Crippen LogP contribution in [0.5, 0.6) is 0 Å². The maximum Gasteiger partial charge on any atom is 0.225 e. The summed E-state index contributed by atoms with van der Waals surface area (Å²) in [4.78, 5) is 17.7. The fourth-order valence-electron chi connectivity index (χ4n) is 4.52. The highest BCUT2D eigenvalue weighted by Crippen LogP contribution is 2.47. The summed E-state index contributed by atoms with van der Waals surface area (Å²) in [7, 11) is 5.54. The first-order chi connectivity index (χ1) is 16.6. The lowest BCUT2D eigenvalue weighted by atomic mass is 9.76. The molecule has 1 aliphatic carbocycles. The van der Waals surface area contributed by atoms with E-state index in [2.05, 4.69) is 35.7 Å². The molecule has 0 radical (unpaired) electrons. The Balaban J connectivity index is 1.59. The van der Waals surface area contributed by atoms with E-state index in [0.29, 0.717) is 16.8 Å². The first-order valence-corrected chi connectivity index (χ1v) is 12.2. The van der Waals surface area contributed by atoms with Crippen LogP contribution in [0.15, 0.2) is 61.8 Å². The summed E-state index contributed by atoms with van der Waals surface area (Å²) in [5.41, 5.74) is 0.474. The van der Waals surface area contributed by atoms with E-state index in [9.17, 15) is 5.11 Å². The van der Waals surface area contributed by atoms with Gasteiger partial charge in [0.05, 0.1) is 29.2 Å². The van der Waals surface area contributed by atoms with Crippen molar-refractivity contribution < 1.29 is 5.11 Å². The average Bonchev–Trinajstić information content (AvgIpc) is 3.40. The lowest BCUT2D eigenvalue weighted by Gasteiger charge is -2.46. The predicted molar refractivity (Wildman–Crippen MR) is 144 cm³/mol. The zero-order valence-electron chi connectivity index (χ0n) is 21.0. The Labute approximate surface area is 213 Å². The lowest BCUT2D eigenvalue weighted by Crippen LogP contribution is -2.62. The summed E-state index contributed by atoms with van der Waals surface area (Å²) in [5.74, 6) is 1.30. The molecule has 184 valence electrons. The number of imidazole rings is 1. The number of hydrogen-bond acceptors (Lipinski definition) is 7. The van der Waals surface area contributed by atoms with Gasteiger partial charge in [-0.25, -0.2) is 9.97 Å². The number of hydrogen-bond donors (Lipinski definition) is 2. The minimum Gasteiger partial charge on any atom is -0.382 e. The van der Waals surface area contributed by atoms with Crippen LogP contribution in [-0.2, 0) is 5.54 Å². The summed E-state index contributed by atoms with van der Waals surface area (Å²) in [5, 5.41) is 15.5. The number of nitrogens with one attached hydrogen (secondary N) is 1. The molecule has 2 N–H and O–H groups in total. The van der Waals surface area contributed by atoms with Crippen molar-refractivity contribution in [2.75, 3.05) is 24.3 Å². The second kappa shape index (κ2) is 9.64. The van der Waals surface area contributed by atoms with Crippen molar-refractivity contribution in [3.63, 3.8) is 0 Å². The van der Waals surface area contributed by atoms with Crippen molar-refractivity contribution in [1.29, 1.82) is 0 Å². The topological polar surface area (TPSA) is 82.3 Å². The summed E-state index contributed by atoms with van der Waals surface area (Å²) in [6.45, 7) is 8.17. The van der Waals surface area contributed by atoms with E-state index in [-0.39, 0.29) is 17.5 Å². The molecule has 2 heterocycles. The molecule has 0 bridgehead atoms. The number of aromatic nitrogens is 4. The van der Waals surface area contributed by atoms with Crippen molar-refractivity contribution in [2.45, 2.75) is 43.9 Å². The van der Waals surface area contributed by atoms with E-state index in [0.717, 1.165) is 24.2 Å². The molecule has 35 heavy (non-hydrogen) atoms. The monoisotopic (exact) mass is 493 g/mol. The minimum atomic E-state index is -1.11. The van der Waals surface area contributed by atoms with Crippen LogP contribution in [-0.4, -0.2) is 63.1 Å². The van der Waals surface area contributed by atoms with E-state index in [1.165, 1.54) is 0 Å². The van der Waals surface area contributed by atoms with Crippen molar-refractivity contribution in [2.24, 2.45) is 5.92 Å². The van der Waals surface area contributed by atoms with E-state index in [4.69, 9.17) is 16.6 Å². The average molecular weight is 494 g/mol. The second-order valence-electron chi connectivity index (χ2n) is 9.86. The predicted octanol–water partition coefficient (Wildman–Crippen LogP) is 3.23. The van der Waals surface area contributed by atoms with Crippen LogP contribution in [0.25, 0.3) is 5.69 Å². The standard InChI is InChI=1S/C25H33BClN7O/c1-6-34(22(17(2)3)25(26,35)32(4)5)21-10-13-28-23(30-21)31-24(11-12-24)20-15-33(16-29-20)19-9-7-8-18(27)14-19/h6-10,13-17,22,35H,1,11-12,26H2,2-5H3,(H,28,30,31). The van der Waals surface area contributed by atoms with Gasteiger partial charge in [-0.05, 0) is 63.3 Å². The zero-order valence-corrected chi connectivity index (χ0v) is 21.7. The Kier molecular flexibility index (Phi) is 6.95. The van der Waals surface area contributed by atoms with Gasteiger partial charge in [-0.2, -0.15) is 4.98 Å². The Morgan fingerprint density at radius 3 is 2.63 bits per heavy atom. The van der Waals surface area contributed by atoms with Crippen LogP contribution in [0.4, 0.5) is 11.8 Å². The van der Waals surface area contributed by atoms with E-state index in [1.807, 2.05) is 72.8 Å². The Hall–Kier alpha value is -2.88. The molecule has 2 atom stereocenters. The van der Waals surface area contributed by atoms with Gasteiger partial charge in [0.1, 0.15) is 5.82 Å². The van der Waals surface area contributed by atoms with Gasteiger partial charge in [-0.15, -0.1) is 0 Å². The normalized spacial score (nSPS) is 17.1. The molecular weight excluding hydrogens is 461 g/mol. The SMILES string of the molecule is BC(O)(C(C(C)C)N(C=C)c1ccnc(NC2(c3cn(-c4cccc(Cl)c4)cn3)CC2)n1)N(C)C. The molecule has 8 nitrogen and oxygen atoms in total. The van der Waals surface area contributed by atoms with Crippen LogP contribution < -0.4 is 10.2 Å². The molecular formula is C25H33BClN7O. The number of halogens is 1. The number of rotatable bonds is 10. The highest BCUT2D eigenvalue weighted by molar-refractivity contribution is 6.30. The lowest BCUT2D eigenvalue weighted by molar-refractivity contribution is -0.0372. The summed E-state index contributed by atoms with van der Waals surface area (Å²) in [6, 6.07) is 9.23. The molecule has 1 fully saturated rings. The first-order valence-electron chi connectivity index (χ1n) is 11.8. The van der Waals surface area contributed by atoms with E-state index in [1.54, 1.807) is 18.7 Å². The number of likely N-dealkylation sites (N-methyl/N-ethyl adjacent to an activating group) is 1. The maximum atomic E-state index is 11.3. The third-order valence-electron chi connectivity index (χ3n) is 6.78. The van der Waals surface area contributed by atoms with Crippen molar-refractivity contribution >= 4 is 31.2 Å². The van der Waals surface area contributed by atoms with Crippen LogP contribution in [0.3, 0.4) is 0 Å².